The molecule has 4 nitrogen and oxygen atoms in total. The van der Waals surface area contributed by atoms with E-state index in [0.717, 1.165) is 6.07 Å². The zero-order valence-electron chi connectivity index (χ0n) is 11.4. The summed E-state index contributed by atoms with van der Waals surface area (Å²) in [4.78, 5) is 23.8. The van der Waals surface area contributed by atoms with Crippen molar-refractivity contribution in [2.24, 2.45) is 0 Å². The number of carbonyl (C=O) groups excluding carboxylic acids is 2. The molecule has 0 aromatic heterocycles. The fourth-order valence-corrected chi connectivity index (χ4v) is 1.75. The molecule has 2 aromatic rings. The number of imide groups is 1. The first-order valence-corrected chi connectivity index (χ1v) is 6.39. The van der Waals surface area contributed by atoms with Crippen molar-refractivity contribution in [3.8, 4) is 6.07 Å². The van der Waals surface area contributed by atoms with Crippen LogP contribution in [0, 0.1) is 17.1 Å². The number of rotatable bonds is 3. The van der Waals surface area contributed by atoms with Gasteiger partial charge in [0, 0.05) is 0 Å². The quantitative estimate of drug-likeness (QED) is 0.699. The van der Waals surface area contributed by atoms with E-state index < -0.39 is 17.6 Å². The minimum absolute atomic E-state index is 0.240. The highest BCUT2D eigenvalue weighted by molar-refractivity contribution is 6.13. The summed E-state index contributed by atoms with van der Waals surface area (Å²) >= 11 is 0. The maximum atomic E-state index is 13.5. The lowest BCUT2D eigenvalue weighted by Gasteiger charge is -2.04. The van der Waals surface area contributed by atoms with Gasteiger partial charge in [-0.1, -0.05) is 42.5 Å². The highest BCUT2D eigenvalue weighted by atomic mass is 19.1. The van der Waals surface area contributed by atoms with Crippen LogP contribution in [0.25, 0.3) is 6.08 Å². The van der Waals surface area contributed by atoms with E-state index in [9.17, 15) is 14.0 Å². The molecule has 0 saturated carbocycles. The maximum absolute atomic E-state index is 13.5. The van der Waals surface area contributed by atoms with Gasteiger partial charge in [0.1, 0.15) is 17.5 Å². The lowest BCUT2D eigenvalue weighted by Crippen LogP contribution is -2.31. The third kappa shape index (κ3) is 3.64. The number of hydrogen-bond donors (Lipinski definition) is 1. The summed E-state index contributed by atoms with van der Waals surface area (Å²) < 4.78 is 13.5. The zero-order valence-corrected chi connectivity index (χ0v) is 11.4. The molecule has 2 rings (SSSR count). The second-order valence-corrected chi connectivity index (χ2v) is 4.34. The molecule has 0 atom stereocenters. The van der Waals surface area contributed by atoms with E-state index in [4.69, 9.17) is 5.26 Å². The van der Waals surface area contributed by atoms with Gasteiger partial charge in [0.05, 0.1) is 5.56 Å². The Balaban J connectivity index is 2.17. The number of amides is 2. The molecule has 5 heteroatoms. The Kier molecular flexibility index (Phi) is 4.78. The van der Waals surface area contributed by atoms with Crippen LogP contribution < -0.4 is 5.32 Å². The van der Waals surface area contributed by atoms with Crippen molar-refractivity contribution in [2.45, 2.75) is 0 Å². The molecule has 2 amide bonds. The van der Waals surface area contributed by atoms with E-state index in [1.165, 1.54) is 24.3 Å². The van der Waals surface area contributed by atoms with E-state index in [0.29, 0.717) is 5.56 Å². The fourth-order valence-electron chi connectivity index (χ4n) is 1.75. The first-order chi connectivity index (χ1) is 10.6. The highest BCUT2D eigenvalue weighted by Gasteiger charge is 2.16. The van der Waals surface area contributed by atoms with Crippen LogP contribution in [0.1, 0.15) is 15.9 Å². The molecule has 22 heavy (non-hydrogen) atoms. The summed E-state index contributed by atoms with van der Waals surface area (Å²) in [6.45, 7) is 0. The summed E-state index contributed by atoms with van der Waals surface area (Å²) in [5.41, 5.74) is 0.149. The Morgan fingerprint density at radius 1 is 1.05 bits per heavy atom. The molecule has 0 aliphatic rings. The summed E-state index contributed by atoms with van der Waals surface area (Å²) in [6, 6.07) is 15.7. The van der Waals surface area contributed by atoms with E-state index >= 15 is 0 Å². The van der Waals surface area contributed by atoms with E-state index in [1.54, 1.807) is 36.4 Å². The topological polar surface area (TPSA) is 70.0 Å². The van der Waals surface area contributed by atoms with Crippen LogP contribution in [-0.4, -0.2) is 11.8 Å². The van der Waals surface area contributed by atoms with Crippen molar-refractivity contribution < 1.29 is 14.0 Å². The van der Waals surface area contributed by atoms with E-state index in [2.05, 4.69) is 0 Å². The van der Waals surface area contributed by atoms with E-state index in [-0.39, 0.29) is 11.1 Å². The predicted octanol–water partition coefficient (Wildman–Crippen LogP) is 2.69. The van der Waals surface area contributed by atoms with Gasteiger partial charge in [0.2, 0.25) is 0 Å². The number of carbonyl (C=O) groups is 2. The highest BCUT2D eigenvalue weighted by Crippen LogP contribution is 2.08. The minimum Gasteiger partial charge on any atom is -0.287 e. The molecule has 2 aromatic carbocycles. The Morgan fingerprint density at radius 3 is 2.32 bits per heavy atom. The minimum atomic E-state index is -0.891. The Hall–Kier alpha value is -3.26. The van der Waals surface area contributed by atoms with Crippen LogP contribution >= 0.6 is 0 Å². The maximum Gasteiger partial charge on any atom is 0.268 e. The lowest BCUT2D eigenvalue weighted by molar-refractivity contribution is -0.116. The third-order valence-corrected chi connectivity index (χ3v) is 2.82. The van der Waals surface area contributed by atoms with Crippen LogP contribution in [-0.2, 0) is 4.79 Å². The first kappa shape index (κ1) is 15.1. The van der Waals surface area contributed by atoms with Crippen LogP contribution in [0.5, 0.6) is 0 Å². The second kappa shape index (κ2) is 6.95. The molecule has 0 radical (unpaired) electrons. The standard InChI is InChI=1S/C17H11FN2O2/c18-15-9-5-4-8-14(15)17(22)20-16(21)13(11-19)10-12-6-2-1-3-7-12/h1-10H,(H,20,21,22)/b13-10+. The SMILES string of the molecule is N#C/C(=C\c1ccccc1)C(=O)NC(=O)c1ccccc1F. The Labute approximate surface area is 126 Å². The smallest absolute Gasteiger partial charge is 0.268 e. The first-order valence-electron chi connectivity index (χ1n) is 6.39. The third-order valence-electron chi connectivity index (χ3n) is 2.82. The molecule has 0 aliphatic heterocycles. The van der Waals surface area contributed by atoms with Crippen LogP contribution in [0.3, 0.4) is 0 Å². The lowest BCUT2D eigenvalue weighted by atomic mass is 10.1. The number of halogens is 1. The zero-order chi connectivity index (χ0) is 15.9. The number of nitrogens with zero attached hydrogens (tertiary/aromatic N) is 1. The number of nitriles is 1. The van der Waals surface area contributed by atoms with Crippen molar-refractivity contribution in [1.82, 2.24) is 5.32 Å². The molecule has 1 N–H and O–H groups in total. The molecule has 108 valence electrons. The molecule has 0 spiro atoms. The monoisotopic (exact) mass is 294 g/mol. The Morgan fingerprint density at radius 2 is 1.68 bits per heavy atom. The van der Waals surface area contributed by atoms with Crippen molar-refractivity contribution in [3.05, 3.63) is 77.1 Å². The van der Waals surface area contributed by atoms with Gasteiger partial charge in [0.15, 0.2) is 0 Å². The van der Waals surface area contributed by atoms with Gasteiger partial charge < -0.3 is 0 Å². The summed E-state index contributed by atoms with van der Waals surface area (Å²) in [5, 5.41) is 11.0. The molecule has 0 heterocycles. The molecule has 0 bridgehead atoms. The van der Waals surface area contributed by atoms with Gasteiger partial charge in [-0.3, -0.25) is 14.9 Å². The number of benzene rings is 2. The summed E-state index contributed by atoms with van der Waals surface area (Å²) in [7, 11) is 0. The summed E-state index contributed by atoms with van der Waals surface area (Å²) in [6.07, 6.45) is 1.35. The van der Waals surface area contributed by atoms with Gasteiger partial charge in [-0.25, -0.2) is 4.39 Å². The Bertz CT molecular complexity index is 777. The molecule has 0 fully saturated rings. The second-order valence-electron chi connectivity index (χ2n) is 4.34. The molecular weight excluding hydrogens is 283 g/mol. The van der Waals surface area contributed by atoms with Crippen molar-refractivity contribution in [2.75, 3.05) is 0 Å². The van der Waals surface area contributed by atoms with Gasteiger partial charge >= 0.3 is 0 Å². The van der Waals surface area contributed by atoms with Gasteiger partial charge in [-0.2, -0.15) is 5.26 Å². The van der Waals surface area contributed by atoms with Gasteiger partial charge in [-0.15, -0.1) is 0 Å². The van der Waals surface area contributed by atoms with Crippen molar-refractivity contribution in [3.63, 3.8) is 0 Å². The number of nitrogens with one attached hydrogen (secondary N) is 1. The van der Waals surface area contributed by atoms with Crippen LogP contribution in [0.2, 0.25) is 0 Å². The van der Waals surface area contributed by atoms with Crippen molar-refractivity contribution >= 4 is 17.9 Å². The normalized spacial score (nSPS) is 10.6. The van der Waals surface area contributed by atoms with E-state index in [1.807, 2.05) is 5.32 Å². The molecule has 0 saturated heterocycles. The predicted molar refractivity (Wildman–Crippen MR) is 78.9 cm³/mol. The number of hydrogen-bond acceptors (Lipinski definition) is 3. The van der Waals surface area contributed by atoms with Crippen LogP contribution in [0.15, 0.2) is 60.2 Å². The average molecular weight is 294 g/mol. The molecule has 0 unspecified atom stereocenters. The summed E-state index contributed by atoms with van der Waals surface area (Å²) in [5.74, 6) is -2.50. The van der Waals surface area contributed by atoms with Gasteiger partial charge in [0.25, 0.3) is 11.8 Å². The average Bonchev–Trinajstić information content (AvgIpc) is 2.53. The molecule has 0 aliphatic carbocycles. The van der Waals surface area contributed by atoms with Crippen LogP contribution in [0.4, 0.5) is 4.39 Å². The largest absolute Gasteiger partial charge is 0.287 e. The van der Waals surface area contributed by atoms with Crippen molar-refractivity contribution in [1.29, 1.82) is 5.26 Å². The van der Waals surface area contributed by atoms with Gasteiger partial charge in [-0.05, 0) is 23.8 Å². The fraction of sp³-hybridized carbons (Fsp3) is 0. The molecular formula is C17H11FN2O2.